The summed E-state index contributed by atoms with van der Waals surface area (Å²) in [6, 6.07) is 17.4. The van der Waals surface area contributed by atoms with E-state index < -0.39 is 0 Å². The molecule has 1 saturated heterocycles. The second kappa shape index (κ2) is 10.2. The van der Waals surface area contributed by atoms with Crippen LogP contribution in [0.2, 0.25) is 0 Å². The highest BCUT2D eigenvalue weighted by Gasteiger charge is 2.28. The van der Waals surface area contributed by atoms with Crippen molar-refractivity contribution in [2.45, 2.75) is 44.7 Å². The average molecular weight is 433 g/mol. The Morgan fingerprint density at radius 1 is 1.16 bits per heavy atom. The number of nitrogens with one attached hydrogen (secondary N) is 1. The van der Waals surface area contributed by atoms with Crippen LogP contribution in [0, 0.1) is 0 Å². The van der Waals surface area contributed by atoms with E-state index in [1.54, 1.807) is 6.20 Å². The number of nitrogens with two attached hydrogens (primary N) is 1. The molecule has 4 rings (SSSR count). The quantitative estimate of drug-likeness (QED) is 0.536. The molecule has 32 heavy (non-hydrogen) atoms. The van der Waals surface area contributed by atoms with E-state index >= 15 is 0 Å². The van der Waals surface area contributed by atoms with Crippen molar-refractivity contribution in [3.63, 3.8) is 0 Å². The lowest BCUT2D eigenvalue weighted by Crippen LogP contribution is -2.39. The van der Waals surface area contributed by atoms with Crippen LogP contribution in [0.25, 0.3) is 11.3 Å². The molecule has 0 radical (unpaired) electrons. The standard InChI is InChI=1S/C25H28N4O3/c26-25(31)21-11-6-14-29(21)17-18-7-4-10-20(15-18)28-23(30)12-5-13-24-27-16-22(32-24)19-8-2-1-3-9-19/h1-4,7-10,15-16,21H,5-6,11-14,17H2,(H2,26,31)(H,28,30). The Bertz CT molecular complexity index is 1060. The minimum atomic E-state index is -0.270. The molecule has 3 N–H and O–H groups in total. The monoisotopic (exact) mass is 432 g/mol. The summed E-state index contributed by atoms with van der Waals surface area (Å²) in [6.07, 6.45) is 5.13. The minimum absolute atomic E-state index is 0.0480. The predicted molar refractivity (Wildman–Crippen MR) is 123 cm³/mol. The van der Waals surface area contributed by atoms with Crippen molar-refractivity contribution < 1.29 is 14.0 Å². The molecule has 0 bridgehead atoms. The molecule has 166 valence electrons. The molecule has 1 atom stereocenters. The minimum Gasteiger partial charge on any atom is -0.441 e. The summed E-state index contributed by atoms with van der Waals surface area (Å²) in [6.45, 7) is 1.50. The Kier molecular flexibility index (Phi) is 6.97. The van der Waals surface area contributed by atoms with Gasteiger partial charge in [0.05, 0.1) is 12.2 Å². The molecule has 1 aromatic heterocycles. The molecule has 2 aromatic carbocycles. The van der Waals surface area contributed by atoms with Crippen LogP contribution in [0.3, 0.4) is 0 Å². The summed E-state index contributed by atoms with van der Waals surface area (Å²) in [7, 11) is 0. The van der Waals surface area contributed by atoms with E-state index in [2.05, 4.69) is 15.2 Å². The Hall–Kier alpha value is -3.45. The van der Waals surface area contributed by atoms with E-state index in [1.807, 2.05) is 54.6 Å². The van der Waals surface area contributed by atoms with Gasteiger partial charge in [0.2, 0.25) is 11.8 Å². The van der Waals surface area contributed by atoms with Crippen LogP contribution >= 0.6 is 0 Å². The van der Waals surface area contributed by atoms with Crippen molar-refractivity contribution in [3.8, 4) is 11.3 Å². The molecule has 0 spiro atoms. The van der Waals surface area contributed by atoms with Gasteiger partial charge < -0.3 is 15.5 Å². The molecule has 2 amide bonds. The molecular formula is C25H28N4O3. The van der Waals surface area contributed by atoms with Gasteiger partial charge in [-0.25, -0.2) is 4.98 Å². The van der Waals surface area contributed by atoms with Crippen molar-refractivity contribution in [3.05, 3.63) is 72.2 Å². The maximum absolute atomic E-state index is 12.4. The number of aromatic nitrogens is 1. The van der Waals surface area contributed by atoms with Crippen LogP contribution in [0.1, 0.15) is 37.1 Å². The maximum atomic E-state index is 12.4. The topological polar surface area (TPSA) is 101 Å². The van der Waals surface area contributed by atoms with E-state index in [-0.39, 0.29) is 17.9 Å². The fourth-order valence-electron chi connectivity index (χ4n) is 4.10. The predicted octanol–water partition coefficient (Wildman–Crippen LogP) is 3.75. The van der Waals surface area contributed by atoms with Crippen molar-refractivity contribution in [1.82, 2.24) is 9.88 Å². The van der Waals surface area contributed by atoms with Crippen LogP contribution in [0.5, 0.6) is 0 Å². The SMILES string of the molecule is NC(=O)C1CCCN1Cc1cccc(NC(=O)CCCc2ncc(-c3ccccc3)o2)c1. The fourth-order valence-corrected chi connectivity index (χ4v) is 4.10. The summed E-state index contributed by atoms with van der Waals surface area (Å²) in [4.78, 5) is 30.4. The largest absolute Gasteiger partial charge is 0.441 e. The summed E-state index contributed by atoms with van der Waals surface area (Å²) in [5.41, 5.74) is 8.29. The van der Waals surface area contributed by atoms with Crippen molar-refractivity contribution in [1.29, 1.82) is 0 Å². The lowest BCUT2D eigenvalue weighted by molar-refractivity contribution is -0.122. The number of primary amides is 1. The van der Waals surface area contributed by atoms with Gasteiger partial charge in [-0.3, -0.25) is 14.5 Å². The molecule has 2 heterocycles. The number of amides is 2. The number of carbonyl (C=O) groups excluding carboxylic acids is 2. The van der Waals surface area contributed by atoms with E-state index in [9.17, 15) is 9.59 Å². The number of rotatable bonds is 9. The highest BCUT2D eigenvalue weighted by molar-refractivity contribution is 5.90. The van der Waals surface area contributed by atoms with Gasteiger partial charge in [0.25, 0.3) is 0 Å². The zero-order valence-electron chi connectivity index (χ0n) is 18.0. The van der Waals surface area contributed by atoms with Gasteiger partial charge >= 0.3 is 0 Å². The summed E-state index contributed by atoms with van der Waals surface area (Å²) < 4.78 is 5.79. The van der Waals surface area contributed by atoms with Crippen LogP contribution in [-0.4, -0.2) is 34.3 Å². The molecule has 1 unspecified atom stereocenters. The van der Waals surface area contributed by atoms with Crippen molar-refractivity contribution >= 4 is 17.5 Å². The van der Waals surface area contributed by atoms with E-state index in [1.165, 1.54) is 0 Å². The molecule has 0 saturated carbocycles. The number of likely N-dealkylation sites (tertiary alicyclic amines) is 1. The Morgan fingerprint density at radius 2 is 2.00 bits per heavy atom. The van der Waals surface area contributed by atoms with Gasteiger partial charge in [-0.2, -0.15) is 0 Å². The average Bonchev–Trinajstić information content (AvgIpc) is 3.44. The highest BCUT2D eigenvalue weighted by Crippen LogP contribution is 2.22. The van der Waals surface area contributed by atoms with Gasteiger partial charge in [-0.1, -0.05) is 42.5 Å². The first-order valence-electron chi connectivity index (χ1n) is 11.0. The van der Waals surface area contributed by atoms with Crippen molar-refractivity contribution in [2.24, 2.45) is 5.73 Å². The third-order valence-electron chi connectivity index (χ3n) is 5.69. The Morgan fingerprint density at radius 3 is 2.81 bits per heavy atom. The van der Waals surface area contributed by atoms with Crippen LogP contribution < -0.4 is 11.1 Å². The van der Waals surface area contributed by atoms with Crippen LogP contribution in [-0.2, 0) is 22.6 Å². The molecule has 7 nitrogen and oxygen atoms in total. The number of hydrogen-bond acceptors (Lipinski definition) is 5. The molecule has 1 aliphatic rings. The zero-order valence-corrected chi connectivity index (χ0v) is 18.0. The summed E-state index contributed by atoms with van der Waals surface area (Å²) in [5, 5.41) is 2.96. The normalized spacial score (nSPS) is 16.2. The van der Waals surface area contributed by atoms with Gasteiger partial charge in [0.1, 0.15) is 0 Å². The molecule has 7 heteroatoms. The van der Waals surface area contributed by atoms with Gasteiger partial charge in [-0.05, 0) is 43.5 Å². The molecule has 1 aliphatic heterocycles. The van der Waals surface area contributed by atoms with Gasteiger partial charge in [-0.15, -0.1) is 0 Å². The van der Waals surface area contributed by atoms with Crippen molar-refractivity contribution in [2.75, 3.05) is 11.9 Å². The number of hydrogen-bond donors (Lipinski definition) is 2. The number of aryl methyl sites for hydroxylation is 1. The first kappa shape index (κ1) is 21.8. The Balaban J connectivity index is 1.25. The first-order valence-corrected chi connectivity index (χ1v) is 11.0. The summed E-state index contributed by atoms with van der Waals surface area (Å²) in [5.74, 6) is 1.05. The summed E-state index contributed by atoms with van der Waals surface area (Å²) >= 11 is 0. The number of carbonyl (C=O) groups is 2. The maximum Gasteiger partial charge on any atom is 0.234 e. The third kappa shape index (κ3) is 5.62. The Labute approximate surface area is 187 Å². The first-order chi connectivity index (χ1) is 15.6. The van der Waals surface area contributed by atoms with E-state index in [0.717, 1.165) is 42.0 Å². The fraction of sp³-hybridized carbons (Fsp3) is 0.320. The number of anilines is 1. The second-order valence-electron chi connectivity index (χ2n) is 8.12. The molecule has 0 aliphatic carbocycles. The van der Waals surface area contributed by atoms with E-state index in [0.29, 0.717) is 31.7 Å². The molecule has 1 fully saturated rings. The lowest BCUT2D eigenvalue weighted by Gasteiger charge is -2.22. The smallest absolute Gasteiger partial charge is 0.234 e. The lowest BCUT2D eigenvalue weighted by atomic mass is 10.1. The van der Waals surface area contributed by atoms with Gasteiger partial charge in [0, 0.05) is 30.6 Å². The zero-order chi connectivity index (χ0) is 22.3. The number of nitrogens with zero attached hydrogens (tertiary/aromatic N) is 2. The highest BCUT2D eigenvalue weighted by atomic mass is 16.4. The molecular weight excluding hydrogens is 404 g/mol. The molecule has 3 aromatic rings. The second-order valence-corrected chi connectivity index (χ2v) is 8.12. The van der Waals surface area contributed by atoms with Crippen LogP contribution in [0.15, 0.2) is 65.2 Å². The van der Waals surface area contributed by atoms with Crippen LogP contribution in [0.4, 0.5) is 5.69 Å². The third-order valence-corrected chi connectivity index (χ3v) is 5.69. The number of oxazole rings is 1. The number of benzene rings is 2. The van der Waals surface area contributed by atoms with Gasteiger partial charge in [0.15, 0.2) is 11.7 Å². The van der Waals surface area contributed by atoms with E-state index in [4.69, 9.17) is 10.2 Å².